The van der Waals surface area contributed by atoms with Gasteiger partial charge < -0.3 is 5.32 Å². The van der Waals surface area contributed by atoms with Crippen molar-refractivity contribution in [1.82, 2.24) is 19.7 Å². The smallest absolute Gasteiger partial charge is 0.274 e. The van der Waals surface area contributed by atoms with Gasteiger partial charge in [0.1, 0.15) is 12.1 Å². The summed E-state index contributed by atoms with van der Waals surface area (Å²) in [6.07, 6.45) is 1.57. The second-order valence-electron chi connectivity index (χ2n) is 5.54. The molecule has 0 saturated carbocycles. The van der Waals surface area contributed by atoms with Crippen molar-refractivity contribution in [2.75, 3.05) is 0 Å². The summed E-state index contributed by atoms with van der Waals surface area (Å²) < 4.78 is 15.6. The van der Waals surface area contributed by atoms with Crippen LogP contribution >= 0.6 is 0 Å². The molecule has 1 N–H and O–H groups in total. The lowest BCUT2D eigenvalue weighted by Crippen LogP contribution is -2.27. The number of carbonyl (C=O) groups excluding carboxylic acids is 1. The van der Waals surface area contributed by atoms with Crippen LogP contribution in [0.3, 0.4) is 0 Å². The number of aromatic nitrogens is 3. The number of rotatable bonds is 3. The lowest BCUT2D eigenvalue weighted by molar-refractivity contribution is 0.0936. The summed E-state index contributed by atoms with van der Waals surface area (Å²) in [6.45, 7) is 5.52. The van der Waals surface area contributed by atoms with Gasteiger partial charge in [0.05, 0.1) is 6.04 Å². The van der Waals surface area contributed by atoms with Crippen LogP contribution in [-0.2, 0) is 0 Å². The SMILES string of the molecule is Cc1cc(C)n2cnc(C(=O)N[C@@H](C)c3ccccc3F)c2n1. The molecular formula is C17H17FN4O. The van der Waals surface area contributed by atoms with E-state index < -0.39 is 6.04 Å². The summed E-state index contributed by atoms with van der Waals surface area (Å²) in [7, 11) is 0. The highest BCUT2D eigenvalue weighted by Crippen LogP contribution is 2.17. The maximum Gasteiger partial charge on any atom is 0.274 e. The van der Waals surface area contributed by atoms with Gasteiger partial charge in [-0.25, -0.2) is 14.4 Å². The lowest BCUT2D eigenvalue weighted by Gasteiger charge is -2.14. The maximum absolute atomic E-state index is 13.8. The molecule has 0 aliphatic carbocycles. The minimum atomic E-state index is -0.466. The molecule has 1 atom stereocenters. The third-order valence-electron chi connectivity index (χ3n) is 3.76. The Balaban J connectivity index is 1.91. The first kappa shape index (κ1) is 15.1. The minimum Gasteiger partial charge on any atom is -0.344 e. The number of nitrogens with zero attached hydrogens (tertiary/aromatic N) is 3. The zero-order valence-electron chi connectivity index (χ0n) is 13.2. The predicted molar refractivity (Wildman–Crippen MR) is 84.7 cm³/mol. The van der Waals surface area contributed by atoms with E-state index in [2.05, 4.69) is 15.3 Å². The Morgan fingerprint density at radius 1 is 1.30 bits per heavy atom. The number of aryl methyl sites for hydroxylation is 2. The molecule has 0 saturated heterocycles. The zero-order valence-corrected chi connectivity index (χ0v) is 13.2. The Hall–Kier alpha value is -2.76. The molecule has 3 aromatic rings. The van der Waals surface area contributed by atoms with E-state index in [0.717, 1.165) is 11.4 Å². The fourth-order valence-corrected chi connectivity index (χ4v) is 2.61. The standard InChI is InChI=1S/C17H17FN4O/c1-10-8-11(2)22-9-19-15(16(22)20-10)17(23)21-12(3)13-6-4-5-7-14(13)18/h4-9,12H,1-3H3,(H,21,23)/t12-/m0/s1. The van der Waals surface area contributed by atoms with E-state index in [4.69, 9.17) is 0 Å². The van der Waals surface area contributed by atoms with Gasteiger partial charge in [-0.1, -0.05) is 18.2 Å². The van der Waals surface area contributed by atoms with Gasteiger partial charge in [-0.15, -0.1) is 0 Å². The summed E-state index contributed by atoms with van der Waals surface area (Å²) in [4.78, 5) is 21.0. The highest BCUT2D eigenvalue weighted by molar-refractivity contribution is 5.98. The van der Waals surface area contributed by atoms with E-state index >= 15 is 0 Å². The van der Waals surface area contributed by atoms with Crippen molar-refractivity contribution in [3.8, 4) is 0 Å². The summed E-state index contributed by atoms with van der Waals surface area (Å²) in [5, 5.41) is 2.78. The summed E-state index contributed by atoms with van der Waals surface area (Å²) >= 11 is 0. The molecule has 1 amide bonds. The number of hydrogen-bond donors (Lipinski definition) is 1. The first-order valence-corrected chi connectivity index (χ1v) is 7.34. The molecule has 118 valence electrons. The summed E-state index contributed by atoms with van der Waals surface area (Å²) in [5.41, 5.74) is 2.93. The molecular weight excluding hydrogens is 295 g/mol. The monoisotopic (exact) mass is 312 g/mol. The maximum atomic E-state index is 13.8. The van der Waals surface area contributed by atoms with Crippen molar-refractivity contribution in [1.29, 1.82) is 0 Å². The second kappa shape index (κ2) is 5.79. The number of imidazole rings is 1. The zero-order chi connectivity index (χ0) is 16.6. The van der Waals surface area contributed by atoms with E-state index in [-0.39, 0.29) is 17.4 Å². The minimum absolute atomic E-state index is 0.236. The third-order valence-corrected chi connectivity index (χ3v) is 3.76. The number of amides is 1. The van der Waals surface area contributed by atoms with Crippen LogP contribution < -0.4 is 5.32 Å². The van der Waals surface area contributed by atoms with Crippen LogP contribution in [-0.4, -0.2) is 20.3 Å². The van der Waals surface area contributed by atoms with Crippen molar-refractivity contribution in [3.05, 3.63) is 65.1 Å². The Bertz CT molecular complexity index is 887. The summed E-state index contributed by atoms with van der Waals surface area (Å²) in [6, 6.07) is 7.83. The van der Waals surface area contributed by atoms with Crippen LogP contribution in [0.2, 0.25) is 0 Å². The van der Waals surface area contributed by atoms with Crippen molar-refractivity contribution >= 4 is 11.6 Å². The first-order chi connectivity index (χ1) is 11.0. The fourth-order valence-electron chi connectivity index (χ4n) is 2.61. The number of halogens is 1. The van der Waals surface area contributed by atoms with Gasteiger partial charge in [0, 0.05) is 17.0 Å². The molecule has 0 unspecified atom stereocenters. The largest absolute Gasteiger partial charge is 0.344 e. The van der Waals surface area contributed by atoms with E-state index in [1.54, 1.807) is 35.9 Å². The first-order valence-electron chi connectivity index (χ1n) is 7.34. The highest BCUT2D eigenvalue weighted by Gasteiger charge is 2.19. The highest BCUT2D eigenvalue weighted by atomic mass is 19.1. The third kappa shape index (κ3) is 2.79. The number of carbonyl (C=O) groups is 1. The van der Waals surface area contributed by atoms with Crippen LogP contribution in [0.4, 0.5) is 4.39 Å². The quantitative estimate of drug-likeness (QED) is 0.809. The number of nitrogens with one attached hydrogen (secondary N) is 1. The molecule has 0 radical (unpaired) electrons. The van der Waals surface area contributed by atoms with Crippen LogP contribution in [0.5, 0.6) is 0 Å². The molecule has 0 aliphatic heterocycles. The van der Waals surface area contributed by atoms with Crippen LogP contribution in [0, 0.1) is 19.7 Å². The molecule has 2 aromatic heterocycles. The molecule has 0 spiro atoms. The van der Waals surface area contributed by atoms with Gasteiger partial charge in [-0.3, -0.25) is 9.20 Å². The summed E-state index contributed by atoms with van der Waals surface area (Å²) in [5.74, 6) is -0.722. The van der Waals surface area contributed by atoms with Crippen molar-refractivity contribution < 1.29 is 9.18 Å². The van der Waals surface area contributed by atoms with Gasteiger partial charge in [0.15, 0.2) is 11.3 Å². The fraction of sp³-hybridized carbons (Fsp3) is 0.235. The molecule has 0 aliphatic rings. The van der Waals surface area contributed by atoms with Gasteiger partial charge in [-0.05, 0) is 32.9 Å². The molecule has 2 heterocycles. The van der Waals surface area contributed by atoms with Gasteiger partial charge in [0.25, 0.3) is 5.91 Å². The molecule has 5 nitrogen and oxygen atoms in total. The number of fused-ring (bicyclic) bond motifs is 1. The van der Waals surface area contributed by atoms with E-state index in [1.165, 1.54) is 6.07 Å². The topological polar surface area (TPSA) is 59.3 Å². The second-order valence-corrected chi connectivity index (χ2v) is 5.54. The van der Waals surface area contributed by atoms with Gasteiger partial charge in [0.2, 0.25) is 0 Å². The molecule has 0 fully saturated rings. The van der Waals surface area contributed by atoms with Crippen molar-refractivity contribution in [3.63, 3.8) is 0 Å². The van der Waals surface area contributed by atoms with Crippen molar-refractivity contribution in [2.45, 2.75) is 26.8 Å². The Morgan fingerprint density at radius 3 is 2.78 bits per heavy atom. The molecule has 1 aromatic carbocycles. The van der Waals surface area contributed by atoms with Gasteiger partial charge in [-0.2, -0.15) is 0 Å². The lowest BCUT2D eigenvalue weighted by atomic mass is 10.1. The average Bonchev–Trinajstić information content (AvgIpc) is 2.91. The molecule has 23 heavy (non-hydrogen) atoms. The normalized spacial score (nSPS) is 12.3. The Morgan fingerprint density at radius 2 is 2.04 bits per heavy atom. The molecule has 3 rings (SSSR count). The Labute approximate surface area is 133 Å². The van der Waals surface area contributed by atoms with Crippen molar-refractivity contribution in [2.24, 2.45) is 0 Å². The van der Waals surface area contributed by atoms with Crippen LogP contribution in [0.15, 0.2) is 36.7 Å². The molecule has 6 heteroatoms. The van der Waals surface area contributed by atoms with Gasteiger partial charge >= 0.3 is 0 Å². The number of benzene rings is 1. The van der Waals surface area contributed by atoms with Crippen LogP contribution in [0.1, 0.15) is 40.4 Å². The Kier molecular flexibility index (Phi) is 3.82. The van der Waals surface area contributed by atoms with E-state index in [1.807, 2.05) is 19.9 Å². The van der Waals surface area contributed by atoms with Crippen LogP contribution in [0.25, 0.3) is 5.65 Å². The molecule has 0 bridgehead atoms. The van der Waals surface area contributed by atoms with E-state index in [0.29, 0.717) is 11.2 Å². The average molecular weight is 312 g/mol. The number of hydrogen-bond acceptors (Lipinski definition) is 3. The van der Waals surface area contributed by atoms with E-state index in [9.17, 15) is 9.18 Å². The predicted octanol–water partition coefficient (Wildman–Crippen LogP) is 2.98.